The summed E-state index contributed by atoms with van der Waals surface area (Å²) in [5.41, 5.74) is -0.145. The van der Waals surface area contributed by atoms with E-state index in [9.17, 15) is 4.79 Å². The maximum atomic E-state index is 11.6. The van der Waals surface area contributed by atoms with Gasteiger partial charge >= 0.3 is 0 Å². The van der Waals surface area contributed by atoms with E-state index in [2.05, 4.69) is 11.8 Å². The molecule has 4 nitrogen and oxygen atoms in total. The number of aldehydes is 1. The fourth-order valence-electron chi connectivity index (χ4n) is 2.98. The van der Waals surface area contributed by atoms with Crippen LogP contribution in [0.4, 0.5) is 0 Å². The Kier molecular flexibility index (Phi) is 7.57. The van der Waals surface area contributed by atoms with Gasteiger partial charge in [-0.25, -0.2) is 0 Å². The van der Waals surface area contributed by atoms with Gasteiger partial charge in [-0.05, 0) is 19.8 Å². The van der Waals surface area contributed by atoms with Gasteiger partial charge in [0, 0.05) is 38.8 Å². The van der Waals surface area contributed by atoms with Crippen molar-refractivity contribution >= 4 is 6.29 Å². The number of hydrogen-bond acceptors (Lipinski definition) is 4. The minimum atomic E-state index is -0.145. The molecule has 0 aromatic heterocycles. The molecule has 0 N–H and O–H groups in total. The lowest BCUT2D eigenvalue weighted by Crippen LogP contribution is -2.47. The van der Waals surface area contributed by atoms with Crippen LogP contribution in [-0.2, 0) is 14.3 Å². The van der Waals surface area contributed by atoms with E-state index in [1.54, 1.807) is 14.2 Å². The molecule has 0 saturated heterocycles. The molecule has 0 amide bonds. The molecular formula is C15H29NO3. The molecule has 0 aromatic carbocycles. The zero-order chi connectivity index (χ0) is 14.1. The molecule has 0 spiro atoms. The minimum absolute atomic E-state index is 0.145. The molecule has 1 aliphatic rings. The molecule has 1 unspecified atom stereocenters. The third-order valence-corrected chi connectivity index (χ3v) is 4.23. The summed E-state index contributed by atoms with van der Waals surface area (Å²) in [6.07, 6.45) is 6.87. The summed E-state index contributed by atoms with van der Waals surface area (Å²) in [5, 5.41) is 0. The summed E-state index contributed by atoms with van der Waals surface area (Å²) in [7, 11) is 3.44. The second kappa shape index (κ2) is 8.67. The van der Waals surface area contributed by atoms with Gasteiger partial charge in [0.1, 0.15) is 6.29 Å². The summed E-state index contributed by atoms with van der Waals surface area (Å²) in [6.45, 7) is 5.24. The number of methoxy groups -OCH3 is 2. The fourth-order valence-corrected chi connectivity index (χ4v) is 2.98. The van der Waals surface area contributed by atoms with Gasteiger partial charge in [-0.3, -0.25) is 4.90 Å². The van der Waals surface area contributed by atoms with E-state index in [0.29, 0.717) is 19.3 Å². The third-order valence-electron chi connectivity index (χ3n) is 4.23. The van der Waals surface area contributed by atoms with Gasteiger partial charge in [0.05, 0.1) is 13.2 Å². The van der Waals surface area contributed by atoms with Crippen molar-refractivity contribution in [3.63, 3.8) is 0 Å². The van der Waals surface area contributed by atoms with E-state index in [1.807, 2.05) is 0 Å². The Morgan fingerprint density at radius 3 is 2.42 bits per heavy atom. The monoisotopic (exact) mass is 271 g/mol. The maximum Gasteiger partial charge on any atom is 0.127 e. The van der Waals surface area contributed by atoms with Gasteiger partial charge in [-0.1, -0.05) is 19.3 Å². The highest BCUT2D eigenvalue weighted by Gasteiger charge is 2.34. The van der Waals surface area contributed by atoms with Crippen molar-refractivity contribution in [1.29, 1.82) is 0 Å². The molecule has 19 heavy (non-hydrogen) atoms. The van der Waals surface area contributed by atoms with Crippen LogP contribution >= 0.6 is 0 Å². The van der Waals surface area contributed by atoms with Gasteiger partial charge in [0.2, 0.25) is 0 Å². The molecule has 1 atom stereocenters. The quantitative estimate of drug-likeness (QED) is 0.602. The molecule has 1 saturated carbocycles. The molecule has 1 rings (SSSR count). The molecule has 0 heterocycles. The van der Waals surface area contributed by atoms with Gasteiger partial charge in [-0.15, -0.1) is 0 Å². The lowest BCUT2D eigenvalue weighted by Gasteiger charge is -2.39. The van der Waals surface area contributed by atoms with Crippen LogP contribution in [0.3, 0.4) is 0 Å². The molecule has 0 radical (unpaired) electrons. The molecule has 0 aromatic rings. The highest BCUT2D eigenvalue weighted by atomic mass is 16.5. The first-order valence-corrected chi connectivity index (χ1v) is 7.36. The molecule has 1 fully saturated rings. The number of ether oxygens (including phenoxy) is 2. The lowest BCUT2D eigenvalue weighted by atomic mass is 9.74. The van der Waals surface area contributed by atoms with Crippen molar-refractivity contribution < 1.29 is 14.3 Å². The summed E-state index contributed by atoms with van der Waals surface area (Å²) in [4.78, 5) is 13.9. The molecular weight excluding hydrogens is 242 g/mol. The smallest absolute Gasteiger partial charge is 0.127 e. The normalized spacial score (nSPS) is 20.4. The Balaban J connectivity index is 2.64. The van der Waals surface area contributed by atoms with Crippen LogP contribution in [0.5, 0.6) is 0 Å². The predicted molar refractivity (Wildman–Crippen MR) is 76.4 cm³/mol. The molecule has 4 heteroatoms. The average Bonchev–Trinajstić information content (AvgIpc) is 2.44. The Bertz CT molecular complexity index is 252. The SMILES string of the molecule is COCCN(CC1(C=O)CCCCC1)C(C)COC. The van der Waals surface area contributed by atoms with Crippen molar-refractivity contribution in [1.82, 2.24) is 4.90 Å². The summed E-state index contributed by atoms with van der Waals surface area (Å²) < 4.78 is 10.4. The number of carbonyl (C=O) groups excluding carboxylic acids is 1. The van der Waals surface area contributed by atoms with Crippen LogP contribution in [0.2, 0.25) is 0 Å². The molecule has 1 aliphatic carbocycles. The highest BCUT2D eigenvalue weighted by Crippen LogP contribution is 2.35. The standard InChI is InChI=1S/C15H29NO3/c1-14(11-19-3)16(9-10-18-2)12-15(13-17)7-5-4-6-8-15/h13-14H,4-12H2,1-3H3. The average molecular weight is 271 g/mol. The molecule has 0 bridgehead atoms. The fraction of sp³-hybridized carbons (Fsp3) is 0.933. The number of nitrogens with zero attached hydrogens (tertiary/aromatic N) is 1. The number of rotatable bonds is 9. The van der Waals surface area contributed by atoms with Crippen LogP contribution in [0.1, 0.15) is 39.0 Å². The minimum Gasteiger partial charge on any atom is -0.383 e. The zero-order valence-electron chi connectivity index (χ0n) is 12.7. The summed E-state index contributed by atoms with van der Waals surface area (Å²) in [5.74, 6) is 0. The second-order valence-corrected chi connectivity index (χ2v) is 5.81. The van der Waals surface area contributed by atoms with Gasteiger partial charge < -0.3 is 14.3 Å². The molecule has 0 aliphatic heterocycles. The van der Waals surface area contributed by atoms with Crippen molar-refractivity contribution in [3.8, 4) is 0 Å². The van der Waals surface area contributed by atoms with E-state index in [-0.39, 0.29) is 5.41 Å². The van der Waals surface area contributed by atoms with E-state index < -0.39 is 0 Å². The van der Waals surface area contributed by atoms with Crippen molar-refractivity contribution in [2.75, 3.05) is 40.5 Å². The van der Waals surface area contributed by atoms with E-state index in [4.69, 9.17) is 9.47 Å². The maximum absolute atomic E-state index is 11.6. The van der Waals surface area contributed by atoms with Gasteiger partial charge in [0.15, 0.2) is 0 Å². The Hall–Kier alpha value is -0.450. The van der Waals surface area contributed by atoms with Crippen LogP contribution in [0, 0.1) is 5.41 Å². The topological polar surface area (TPSA) is 38.8 Å². The Morgan fingerprint density at radius 2 is 1.89 bits per heavy atom. The number of carbonyl (C=O) groups is 1. The van der Waals surface area contributed by atoms with E-state index in [1.165, 1.54) is 25.5 Å². The Labute approximate surface area is 117 Å². The zero-order valence-corrected chi connectivity index (χ0v) is 12.7. The Morgan fingerprint density at radius 1 is 1.21 bits per heavy atom. The third kappa shape index (κ3) is 5.21. The van der Waals surface area contributed by atoms with Crippen molar-refractivity contribution in [3.05, 3.63) is 0 Å². The predicted octanol–water partition coefficient (Wildman–Crippen LogP) is 2.12. The lowest BCUT2D eigenvalue weighted by molar-refractivity contribution is -0.119. The first kappa shape index (κ1) is 16.6. The number of hydrogen-bond donors (Lipinski definition) is 0. The van der Waals surface area contributed by atoms with Crippen LogP contribution in [-0.4, -0.2) is 57.8 Å². The first-order valence-electron chi connectivity index (χ1n) is 7.36. The highest BCUT2D eigenvalue weighted by molar-refractivity contribution is 5.60. The van der Waals surface area contributed by atoms with Gasteiger partial charge in [0.25, 0.3) is 0 Å². The van der Waals surface area contributed by atoms with E-state index >= 15 is 0 Å². The molecule has 112 valence electrons. The van der Waals surface area contributed by atoms with Crippen LogP contribution in [0.15, 0.2) is 0 Å². The van der Waals surface area contributed by atoms with Crippen molar-refractivity contribution in [2.24, 2.45) is 5.41 Å². The van der Waals surface area contributed by atoms with E-state index in [0.717, 1.165) is 25.9 Å². The second-order valence-electron chi connectivity index (χ2n) is 5.81. The van der Waals surface area contributed by atoms with Crippen molar-refractivity contribution in [2.45, 2.75) is 45.1 Å². The van der Waals surface area contributed by atoms with Crippen LogP contribution in [0.25, 0.3) is 0 Å². The summed E-state index contributed by atoms with van der Waals surface area (Å²) >= 11 is 0. The largest absolute Gasteiger partial charge is 0.383 e. The van der Waals surface area contributed by atoms with Crippen LogP contribution < -0.4 is 0 Å². The first-order chi connectivity index (χ1) is 9.17. The summed E-state index contributed by atoms with van der Waals surface area (Å²) in [6, 6.07) is 0.318. The van der Waals surface area contributed by atoms with Gasteiger partial charge in [-0.2, -0.15) is 0 Å².